The lowest BCUT2D eigenvalue weighted by atomic mass is 10.2. The van der Waals surface area contributed by atoms with Crippen LogP contribution in [-0.2, 0) is 20.9 Å². The third-order valence-electron chi connectivity index (χ3n) is 2.85. The Hall–Kier alpha value is -1.88. The number of nitrogens with one attached hydrogen (secondary N) is 1. The predicted molar refractivity (Wildman–Crippen MR) is 71.2 cm³/mol. The standard InChI is InChI=1S/C14H20N2O3/c1-10(15-3)13(17)16-11(2)14(18)19-9-12-7-5-4-6-8-12/h4-8,10-11,15H,9H2,1-3H3,(H,16,17)/p+1/t10-,11-/m0/s1. The Labute approximate surface area is 113 Å². The first kappa shape index (κ1) is 15.2. The number of benzene rings is 1. The van der Waals surface area contributed by atoms with Crippen LogP contribution in [0.15, 0.2) is 30.3 Å². The largest absolute Gasteiger partial charge is 0.459 e. The van der Waals surface area contributed by atoms with E-state index in [0.717, 1.165) is 5.56 Å². The summed E-state index contributed by atoms with van der Waals surface area (Å²) in [6.45, 7) is 3.61. The van der Waals surface area contributed by atoms with Crippen molar-refractivity contribution in [2.75, 3.05) is 7.05 Å². The van der Waals surface area contributed by atoms with Crippen LogP contribution in [0, 0.1) is 0 Å². The maximum absolute atomic E-state index is 11.7. The fraction of sp³-hybridized carbons (Fsp3) is 0.429. The molecule has 0 heterocycles. The predicted octanol–water partition coefficient (Wildman–Crippen LogP) is -0.184. The van der Waals surface area contributed by atoms with Gasteiger partial charge in [0.15, 0.2) is 6.04 Å². The minimum absolute atomic E-state index is 0.174. The minimum Gasteiger partial charge on any atom is -0.459 e. The van der Waals surface area contributed by atoms with Crippen molar-refractivity contribution in [3.05, 3.63) is 35.9 Å². The van der Waals surface area contributed by atoms with E-state index >= 15 is 0 Å². The molecule has 0 spiro atoms. The third kappa shape index (κ3) is 5.09. The molecule has 1 aromatic carbocycles. The number of likely N-dealkylation sites (N-methyl/N-ethyl adjacent to an activating group) is 1. The van der Waals surface area contributed by atoms with Crippen molar-refractivity contribution >= 4 is 11.9 Å². The number of quaternary nitrogens is 1. The zero-order valence-electron chi connectivity index (χ0n) is 11.6. The van der Waals surface area contributed by atoms with Crippen LogP contribution in [0.25, 0.3) is 0 Å². The van der Waals surface area contributed by atoms with Gasteiger partial charge in [-0.2, -0.15) is 0 Å². The maximum Gasteiger partial charge on any atom is 0.328 e. The van der Waals surface area contributed by atoms with Crippen molar-refractivity contribution in [1.82, 2.24) is 5.32 Å². The molecule has 0 aliphatic carbocycles. The molecule has 0 unspecified atom stereocenters. The Bertz CT molecular complexity index is 420. The molecule has 0 saturated heterocycles. The van der Waals surface area contributed by atoms with Crippen molar-refractivity contribution in [3.63, 3.8) is 0 Å². The van der Waals surface area contributed by atoms with Crippen LogP contribution in [0.2, 0.25) is 0 Å². The molecule has 0 aromatic heterocycles. The van der Waals surface area contributed by atoms with Gasteiger partial charge in [-0.05, 0) is 19.4 Å². The van der Waals surface area contributed by atoms with Crippen LogP contribution < -0.4 is 10.6 Å². The summed E-state index contributed by atoms with van der Waals surface area (Å²) in [5.74, 6) is -0.604. The molecule has 0 aliphatic rings. The van der Waals surface area contributed by atoms with Gasteiger partial charge >= 0.3 is 5.97 Å². The van der Waals surface area contributed by atoms with E-state index in [1.54, 1.807) is 19.2 Å². The van der Waals surface area contributed by atoms with Gasteiger partial charge in [0.25, 0.3) is 5.91 Å². The van der Waals surface area contributed by atoms with Crippen LogP contribution in [0.1, 0.15) is 19.4 Å². The Morgan fingerprint density at radius 3 is 2.47 bits per heavy atom. The first-order valence-corrected chi connectivity index (χ1v) is 6.35. The second kappa shape index (κ2) is 7.53. The highest BCUT2D eigenvalue weighted by Gasteiger charge is 2.21. The zero-order chi connectivity index (χ0) is 14.3. The normalized spacial score (nSPS) is 13.4. The monoisotopic (exact) mass is 265 g/mol. The summed E-state index contributed by atoms with van der Waals surface area (Å²) in [5, 5.41) is 4.40. The van der Waals surface area contributed by atoms with Gasteiger partial charge in [-0.3, -0.25) is 4.79 Å². The summed E-state index contributed by atoms with van der Waals surface area (Å²) in [4.78, 5) is 23.3. The molecule has 0 saturated carbocycles. The molecular weight excluding hydrogens is 244 g/mol. The van der Waals surface area contributed by atoms with Gasteiger partial charge < -0.3 is 15.4 Å². The number of ether oxygens (including phenoxy) is 1. The lowest BCUT2D eigenvalue weighted by Crippen LogP contribution is -2.88. The Kier molecular flexibility index (Phi) is 6.02. The van der Waals surface area contributed by atoms with E-state index in [1.165, 1.54) is 0 Å². The van der Waals surface area contributed by atoms with E-state index in [0.29, 0.717) is 0 Å². The molecule has 1 aromatic rings. The number of hydrogen-bond donors (Lipinski definition) is 2. The molecule has 19 heavy (non-hydrogen) atoms. The topological polar surface area (TPSA) is 72.0 Å². The summed E-state index contributed by atoms with van der Waals surface area (Å²) in [6, 6.07) is 8.56. The van der Waals surface area contributed by atoms with E-state index in [-0.39, 0.29) is 18.6 Å². The van der Waals surface area contributed by atoms with Crippen LogP contribution >= 0.6 is 0 Å². The first-order chi connectivity index (χ1) is 9.04. The molecule has 2 atom stereocenters. The summed E-state index contributed by atoms with van der Waals surface area (Å²) in [6.07, 6.45) is 0. The molecule has 1 rings (SSSR count). The zero-order valence-corrected chi connectivity index (χ0v) is 11.6. The smallest absolute Gasteiger partial charge is 0.328 e. The summed E-state index contributed by atoms with van der Waals surface area (Å²) in [5.41, 5.74) is 0.921. The van der Waals surface area contributed by atoms with Gasteiger partial charge in [-0.1, -0.05) is 30.3 Å². The average molecular weight is 265 g/mol. The number of nitrogens with two attached hydrogens (primary N) is 1. The third-order valence-corrected chi connectivity index (χ3v) is 2.85. The molecule has 0 aliphatic heterocycles. The minimum atomic E-state index is -0.640. The average Bonchev–Trinajstić information content (AvgIpc) is 2.44. The lowest BCUT2D eigenvalue weighted by Gasteiger charge is -2.15. The highest BCUT2D eigenvalue weighted by Crippen LogP contribution is 2.01. The first-order valence-electron chi connectivity index (χ1n) is 6.35. The Morgan fingerprint density at radius 1 is 1.26 bits per heavy atom. The van der Waals surface area contributed by atoms with Gasteiger partial charge in [0.2, 0.25) is 0 Å². The molecule has 5 nitrogen and oxygen atoms in total. The lowest BCUT2D eigenvalue weighted by molar-refractivity contribution is -0.646. The SMILES string of the molecule is C[NH2+][C@@H](C)C(=O)N[C@@H](C)C(=O)OCc1ccccc1. The van der Waals surface area contributed by atoms with Gasteiger partial charge in [0.1, 0.15) is 12.6 Å². The van der Waals surface area contributed by atoms with Crippen molar-refractivity contribution in [1.29, 1.82) is 0 Å². The highest BCUT2D eigenvalue weighted by atomic mass is 16.5. The van der Waals surface area contributed by atoms with Gasteiger partial charge in [0.05, 0.1) is 7.05 Å². The molecule has 0 radical (unpaired) electrons. The number of rotatable bonds is 6. The van der Waals surface area contributed by atoms with E-state index in [2.05, 4.69) is 5.32 Å². The summed E-state index contributed by atoms with van der Waals surface area (Å²) >= 11 is 0. The van der Waals surface area contributed by atoms with Crippen LogP contribution in [0.4, 0.5) is 0 Å². The van der Waals surface area contributed by atoms with E-state index in [4.69, 9.17) is 4.74 Å². The van der Waals surface area contributed by atoms with Crippen molar-refractivity contribution in [2.24, 2.45) is 0 Å². The van der Waals surface area contributed by atoms with Crippen molar-refractivity contribution in [2.45, 2.75) is 32.5 Å². The summed E-state index contributed by atoms with van der Waals surface area (Å²) < 4.78 is 5.14. The Balaban J connectivity index is 2.39. The van der Waals surface area contributed by atoms with E-state index in [1.807, 2.05) is 37.4 Å². The summed E-state index contributed by atoms with van der Waals surface area (Å²) in [7, 11) is 1.81. The molecule has 0 fully saturated rings. The number of amides is 1. The van der Waals surface area contributed by atoms with Crippen molar-refractivity contribution in [3.8, 4) is 0 Å². The van der Waals surface area contributed by atoms with Crippen LogP contribution in [0.3, 0.4) is 0 Å². The second-order valence-corrected chi connectivity index (χ2v) is 4.45. The molecule has 1 amide bonds. The van der Waals surface area contributed by atoms with E-state index < -0.39 is 12.0 Å². The number of carbonyl (C=O) groups excluding carboxylic acids is 2. The second-order valence-electron chi connectivity index (χ2n) is 4.45. The van der Waals surface area contributed by atoms with Gasteiger partial charge in [-0.15, -0.1) is 0 Å². The molecule has 5 heteroatoms. The molecule has 3 N–H and O–H groups in total. The van der Waals surface area contributed by atoms with Crippen molar-refractivity contribution < 1.29 is 19.6 Å². The quantitative estimate of drug-likeness (QED) is 0.701. The number of esters is 1. The number of hydrogen-bond acceptors (Lipinski definition) is 3. The molecule has 104 valence electrons. The maximum atomic E-state index is 11.7. The Morgan fingerprint density at radius 2 is 1.89 bits per heavy atom. The van der Waals surface area contributed by atoms with Crippen LogP contribution in [-0.4, -0.2) is 31.0 Å². The fourth-order valence-electron chi connectivity index (χ4n) is 1.41. The number of carbonyl (C=O) groups is 2. The molecular formula is C14H21N2O3+. The van der Waals surface area contributed by atoms with Gasteiger partial charge in [-0.25, -0.2) is 4.79 Å². The highest BCUT2D eigenvalue weighted by molar-refractivity contribution is 5.86. The molecule has 0 bridgehead atoms. The van der Waals surface area contributed by atoms with Crippen LogP contribution in [0.5, 0.6) is 0 Å². The van der Waals surface area contributed by atoms with E-state index in [9.17, 15) is 9.59 Å². The van der Waals surface area contributed by atoms with Gasteiger partial charge in [0, 0.05) is 0 Å². The fourth-order valence-corrected chi connectivity index (χ4v) is 1.41.